The molecular formula is C20H17N5O2S. The van der Waals surface area contributed by atoms with Crippen LogP contribution in [0.2, 0.25) is 0 Å². The molecule has 1 amide bonds. The number of thiazole rings is 1. The first-order chi connectivity index (χ1) is 13.6. The summed E-state index contributed by atoms with van der Waals surface area (Å²) in [6, 6.07) is 11.5. The van der Waals surface area contributed by atoms with E-state index in [4.69, 9.17) is 14.8 Å². The van der Waals surface area contributed by atoms with Crippen LogP contribution in [-0.4, -0.2) is 32.8 Å². The van der Waals surface area contributed by atoms with Gasteiger partial charge in [-0.2, -0.15) is 9.78 Å². The van der Waals surface area contributed by atoms with E-state index in [0.717, 1.165) is 32.9 Å². The number of nitrogens with one attached hydrogen (secondary N) is 1. The normalized spacial score (nSPS) is 16.1. The summed E-state index contributed by atoms with van der Waals surface area (Å²) < 4.78 is 8.03. The van der Waals surface area contributed by atoms with Crippen LogP contribution in [0.4, 0.5) is 5.82 Å². The van der Waals surface area contributed by atoms with Gasteiger partial charge >= 0.3 is 0 Å². The van der Waals surface area contributed by atoms with Crippen LogP contribution in [-0.2, 0) is 4.79 Å². The molecular weight excluding hydrogens is 374 g/mol. The fraction of sp³-hybridized carbons (Fsp3) is 0.200. The number of benzene rings is 1. The van der Waals surface area contributed by atoms with Crippen LogP contribution in [0.25, 0.3) is 15.3 Å². The fourth-order valence-corrected chi connectivity index (χ4v) is 4.58. The number of amides is 1. The molecule has 3 aromatic heterocycles. The number of fused-ring (bicyclic) bond motifs is 2. The van der Waals surface area contributed by atoms with Gasteiger partial charge < -0.3 is 10.1 Å². The summed E-state index contributed by atoms with van der Waals surface area (Å²) in [5.74, 6) is 1.29. The highest BCUT2D eigenvalue weighted by atomic mass is 32.1. The molecule has 0 fully saturated rings. The molecule has 4 aromatic rings. The number of carbonyl (C=O) groups is 1. The van der Waals surface area contributed by atoms with Gasteiger partial charge in [-0.15, -0.1) is 0 Å². The maximum Gasteiger partial charge on any atom is 0.226 e. The molecule has 0 bridgehead atoms. The van der Waals surface area contributed by atoms with Crippen LogP contribution in [0, 0.1) is 6.92 Å². The van der Waals surface area contributed by atoms with E-state index in [9.17, 15) is 4.79 Å². The number of hydrogen-bond donors (Lipinski definition) is 1. The maximum atomic E-state index is 12.4. The smallest absolute Gasteiger partial charge is 0.226 e. The Morgan fingerprint density at radius 3 is 2.96 bits per heavy atom. The number of ether oxygens (including phenoxy) is 1. The zero-order valence-electron chi connectivity index (χ0n) is 15.3. The van der Waals surface area contributed by atoms with Gasteiger partial charge in [-0.25, -0.2) is 4.98 Å². The molecule has 1 aliphatic heterocycles. The van der Waals surface area contributed by atoms with E-state index in [1.807, 2.05) is 43.3 Å². The first-order valence-corrected chi connectivity index (χ1v) is 9.71. The lowest BCUT2D eigenvalue weighted by atomic mass is 9.89. The first-order valence-electron chi connectivity index (χ1n) is 8.89. The number of aromatic nitrogens is 4. The average molecular weight is 391 g/mol. The molecule has 7 nitrogen and oxygen atoms in total. The molecule has 1 aliphatic rings. The minimum atomic E-state index is -0.117. The second kappa shape index (κ2) is 6.42. The van der Waals surface area contributed by atoms with Gasteiger partial charge in [-0.05, 0) is 37.3 Å². The number of hydrogen-bond acceptors (Lipinski definition) is 6. The van der Waals surface area contributed by atoms with Crippen molar-refractivity contribution in [2.24, 2.45) is 0 Å². The molecule has 0 saturated carbocycles. The van der Waals surface area contributed by atoms with Gasteiger partial charge in [0.15, 0.2) is 0 Å². The average Bonchev–Trinajstić information content (AvgIpc) is 3.28. The van der Waals surface area contributed by atoms with Gasteiger partial charge in [0.1, 0.15) is 11.6 Å². The van der Waals surface area contributed by atoms with E-state index in [-0.39, 0.29) is 11.8 Å². The quantitative estimate of drug-likeness (QED) is 0.576. The van der Waals surface area contributed by atoms with Gasteiger partial charge in [-0.1, -0.05) is 17.4 Å². The number of rotatable bonds is 3. The zero-order valence-corrected chi connectivity index (χ0v) is 16.2. The molecule has 1 aromatic carbocycles. The van der Waals surface area contributed by atoms with Gasteiger partial charge in [0.25, 0.3) is 0 Å². The molecule has 0 spiro atoms. The largest absolute Gasteiger partial charge is 0.497 e. The third kappa shape index (κ3) is 2.65. The Morgan fingerprint density at radius 2 is 2.18 bits per heavy atom. The van der Waals surface area contributed by atoms with Crippen molar-refractivity contribution in [1.29, 1.82) is 0 Å². The van der Waals surface area contributed by atoms with Crippen molar-refractivity contribution < 1.29 is 9.53 Å². The van der Waals surface area contributed by atoms with Crippen molar-refractivity contribution in [3.05, 3.63) is 59.5 Å². The van der Waals surface area contributed by atoms with Crippen LogP contribution in [0.15, 0.2) is 42.6 Å². The Morgan fingerprint density at radius 1 is 1.29 bits per heavy atom. The third-order valence-corrected chi connectivity index (χ3v) is 5.91. The Kier molecular flexibility index (Phi) is 3.87. The number of aryl methyl sites for hydroxylation is 1. The second-order valence-electron chi connectivity index (χ2n) is 6.65. The van der Waals surface area contributed by atoms with Crippen molar-refractivity contribution >= 4 is 33.3 Å². The Balaban J connectivity index is 1.66. The molecule has 28 heavy (non-hydrogen) atoms. The Bertz CT molecular complexity index is 1200. The molecule has 1 atom stereocenters. The second-order valence-corrected chi connectivity index (χ2v) is 7.66. The summed E-state index contributed by atoms with van der Waals surface area (Å²) >= 11 is 1.51. The Labute approximate surface area is 165 Å². The number of methoxy groups -OCH3 is 1. The van der Waals surface area contributed by atoms with Crippen molar-refractivity contribution in [2.45, 2.75) is 19.3 Å². The summed E-state index contributed by atoms with van der Waals surface area (Å²) in [5.41, 5.74) is 3.60. The van der Waals surface area contributed by atoms with Crippen LogP contribution >= 0.6 is 11.3 Å². The maximum absolute atomic E-state index is 12.4. The molecule has 0 saturated heterocycles. The summed E-state index contributed by atoms with van der Waals surface area (Å²) in [6.07, 6.45) is 2.11. The van der Waals surface area contributed by atoms with Crippen LogP contribution in [0.5, 0.6) is 5.75 Å². The van der Waals surface area contributed by atoms with E-state index < -0.39 is 0 Å². The van der Waals surface area contributed by atoms with E-state index >= 15 is 0 Å². The molecule has 8 heteroatoms. The topological polar surface area (TPSA) is 81.9 Å². The SMILES string of the molecule is COc1ccc2nc(-n3nc(C)c4c3NC(=O)C[C@@H]4c3ccccn3)sc2c1. The summed E-state index contributed by atoms with van der Waals surface area (Å²) in [4.78, 5) is 21.6. The molecule has 0 radical (unpaired) electrons. The van der Waals surface area contributed by atoms with Gasteiger partial charge in [0, 0.05) is 29.8 Å². The standard InChI is InChI=1S/C20H17N5O2S/c1-11-18-13(14-5-3-4-8-21-14)10-17(26)23-19(18)25(24-11)20-22-15-7-6-12(27-2)9-16(15)28-20/h3-9,13H,10H2,1-2H3,(H,23,26)/t13-/m1/s1. The number of pyridine rings is 1. The third-order valence-electron chi connectivity index (χ3n) is 4.91. The van der Waals surface area contributed by atoms with Crippen molar-refractivity contribution in [1.82, 2.24) is 19.7 Å². The minimum absolute atomic E-state index is 0.0490. The fourth-order valence-electron chi connectivity index (χ4n) is 3.63. The number of carbonyl (C=O) groups excluding carboxylic acids is 1. The number of anilines is 1. The van der Waals surface area contributed by atoms with E-state index in [0.29, 0.717) is 17.4 Å². The zero-order chi connectivity index (χ0) is 19.3. The molecule has 1 N–H and O–H groups in total. The lowest BCUT2D eigenvalue weighted by Gasteiger charge is -2.23. The summed E-state index contributed by atoms with van der Waals surface area (Å²) in [6.45, 7) is 1.96. The lowest BCUT2D eigenvalue weighted by Crippen LogP contribution is -2.25. The number of nitrogens with zero attached hydrogens (tertiary/aromatic N) is 4. The van der Waals surface area contributed by atoms with Gasteiger partial charge in [-0.3, -0.25) is 9.78 Å². The summed E-state index contributed by atoms with van der Waals surface area (Å²) in [7, 11) is 1.64. The summed E-state index contributed by atoms with van der Waals surface area (Å²) in [5, 5.41) is 8.39. The van der Waals surface area contributed by atoms with Gasteiger partial charge in [0.2, 0.25) is 11.0 Å². The highest BCUT2D eigenvalue weighted by Gasteiger charge is 2.33. The van der Waals surface area contributed by atoms with E-state index in [1.165, 1.54) is 11.3 Å². The monoisotopic (exact) mass is 391 g/mol. The first kappa shape index (κ1) is 16.9. The van der Waals surface area contributed by atoms with Crippen LogP contribution in [0.3, 0.4) is 0 Å². The molecule has 0 unspecified atom stereocenters. The van der Waals surface area contributed by atoms with Crippen LogP contribution < -0.4 is 10.1 Å². The van der Waals surface area contributed by atoms with Crippen molar-refractivity contribution in [3.8, 4) is 10.9 Å². The van der Waals surface area contributed by atoms with Gasteiger partial charge in [0.05, 0.1) is 23.0 Å². The molecule has 5 rings (SSSR count). The predicted molar refractivity (Wildman–Crippen MR) is 107 cm³/mol. The van der Waals surface area contributed by atoms with Crippen molar-refractivity contribution in [3.63, 3.8) is 0 Å². The van der Waals surface area contributed by atoms with E-state index in [2.05, 4.69) is 10.3 Å². The molecule has 4 heterocycles. The lowest BCUT2D eigenvalue weighted by molar-refractivity contribution is -0.116. The molecule has 140 valence electrons. The molecule has 0 aliphatic carbocycles. The van der Waals surface area contributed by atoms with E-state index in [1.54, 1.807) is 18.0 Å². The highest BCUT2D eigenvalue weighted by Crippen LogP contribution is 2.40. The predicted octanol–water partition coefficient (Wildman–Crippen LogP) is 3.67. The minimum Gasteiger partial charge on any atom is -0.497 e. The van der Waals surface area contributed by atoms with Crippen molar-refractivity contribution in [2.75, 3.05) is 12.4 Å². The Hall–Kier alpha value is -3.26. The highest BCUT2D eigenvalue weighted by molar-refractivity contribution is 7.20. The van der Waals surface area contributed by atoms with Crippen LogP contribution in [0.1, 0.15) is 29.3 Å².